The molecule has 2 atom stereocenters. The topological polar surface area (TPSA) is 86.3 Å². The van der Waals surface area contributed by atoms with Gasteiger partial charge in [-0.1, -0.05) is 18.5 Å². The van der Waals surface area contributed by atoms with E-state index in [4.69, 9.17) is 30.5 Å². The van der Waals surface area contributed by atoms with Crippen LogP contribution in [0.15, 0.2) is 17.8 Å². The van der Waals surface area contributed by atoms with Gasteiger partial charge in [0.05, 0.1) is 27.4 Å². The van der Waals surface area contributed by atoms with Crippen molar-refractivity contribution in [3.63, 3.8) is 0 Å². The predicted molar refractivity (Wildman–Crippen MR) is 114 cm³/mol. The molecule has 1 fully saturated rings. The fourth-order valence-electron chi connectivity index (χ4n) is 4.45. The standard InChI is InChI=1S/C22H27ClN2O6/c1-13-10-14(24-4-5-25-6-8-30-9-7-25)11-17(26)22(13)21(27)18-15(28-2)12-16(29-3)19(23)20(18)31-22/h11-13,24H,4-10H2,1-3H3/t13-,22+/m1/s1. The zero-order chi connectivity index (χ0) is 22.2. The lowest BCUT2D eigenvalue weighted by Crippen LogP contribution is -2.55. The molecule has 4 rings (SSSR count). The summed E-state index contributed by atoms with van der Waals surface area (Å²) in [5, 5.41) is 3.50. The number of fused-ring (bicyclic) bond motifs is 1. The highest BCUT2D eigenvalue weighted by Crippen LogP contribution is 2.52. The lowest BCUT2D eigenvalue weighted by atomic mass is 9.74. The molecule has 1 aromatic rings. The Morgan fingerprint density at radius 1 is 1.23 bits per heavy atom. The predicted octanol–water partition coefficient (Wildman–Crippen LogP) is 2.09. The molecule has 9 heteroatoms. The highest BCUT2D eigenvalue weighted by atomic mass is 35.5. The minimum atomic E-state index is -1.64. The zero-order valence-electron chi connectivity index (χ0n) is 18.0. The monoisotopic (exact) mass is 450 g/mol. The second-order valence-electron chi connectivity index (χ2n) is 7.99. The summed E-state index contributed by atoms with van der Waals surface area (Å²) in [6.45, 7) is 6.73. The number of hydrogen-bond donors (Lipinski definition) is 1. The molecule has 1 N–H and O–H groups in total. The number of hydrogen-bond acceptors (Lipinski definition) is 8. The first-order valence-corrected chi connectivity index (χ1v) is 10.8. The van der Waals surface area contributed by atoms with Crippen LogP contribution in [0.1, 0.15) is 23.7 Å². The number of halogens is 1. The normalized spacial score (nSPS) is 25.8. The number of allylic oxidation sites excluding steroid dienone is 1. The SMILES string of the molecule is COc1cc(OC)c2c(c1Cl)O[C@@]1(C(=O)C=C(NCCN3CCOCC3)C[C@H]1C)C2=O. The second kappa shape index (κ2) is 8.68. The first-order chi connectivity index (χ1) is 14.9. The fraction of sp³-hybridized carbons (Fsp3) is 0.545. The van der Waals surface area contributed by atoms with Gasteiger partial charge in [0.25, 0.3) is 0 Å². The summed E-state index contributed by atoms with van der Waals surface area (Å²) >= 11 is 6.41. The van der Waals surface area contributed by atoms with Gasteiger partial charge in [-0.3, -0.25) is 14.5 Å². The van der Waals surface area contributed by atoms with Gasteiger partial charge < -0.3 is 24.3 Å². The third-order valence-electron chi connectivity index (χ3n) is 6.19. The van der Waals surface area contributed by atoms with E-state index in [1.807, 2.05) is 6.92 Å². The van der Waals surface area contributed by atoms with E-state index < -0.39 is 17.2 Å². The van der Waals surface area contributed by atoms with Crippen molar-refractivity contribution in [2.75, 3.05) is 53.6 Å². The molecule has 0 saturated carbocycles. The Labute approximate surface area is 186 Å². The summed E-state index contributed by atoms with van der Waals surface area (Å²) in [6.07, 6.45) is 1.99. The van der Waals surface area contributed by atoms with Crippen LogP contribution < -0.4 is 19.5 Å². The van der Waals surface area contributed by atoms with Crippen LogP contribution in [0.5, 0.6) is 17.2 Å². The number of nitrogens with one attached hydrogen (secondary N) is 1. The smallest absolute Gasteiger partial charge is 0.236 e. The Hall–Kier alpha value is -2.29. The van der Waals surface area contributed by atoms with Crippen molar-refractivity contribution in [1.82, 2.24) is 10.2 Å². The molecule has 0 unspecified atom stereocenters. The largest absolute Gasteiger partial charge is 0.496 e. The van der Waals surface area contributed by atoms with E-state index in [2.05, 4.69) is 10.2 Å². The molecular weight excluding hydrogens is 424 g/mol. The molecule has 2 aliphatic heterocycles. The molecule has 1 aliphatic carbocycles. The van der Waals surface area contributed by atoms with Gasteiger partial charge in [-0.05, 0) is 6.42 Å². The minimum absolute atomic E-state index is 0.139. The highest BCUT2D eigenvalue weighted by Gasteiger charge is 2.60. The number of nitrogens with zero attached hydrogens (tertiary/aromatic N) is 1. The van der Waals surface area contributed by atoms with Crippen LogP contribution in [0.25, 0.3) is 0 Å². The number of rotatable bonds is 6. The maximum Gasteiger partial charge on any atom is 0.236 e. The average molecular weight is 451 g/mol. The van der Waals surface area contributed by atoms with Crippen molar-refractivity contribution >= 4 is 23.2 Å². The molecular formula is C22H27ClN2O6. The van der Waals surface area contributed by atoms with Gasteiger partial charge >= 0.3 is 0 Å². The molecule has 1 aromatic carbocycles. The maximum absolute atomic E-state index is 13.5. The van der Waals surface area contributed by atoms with Gasteiger partial charge in [-0.25, -0.2) is 0 Å². The quantitative estimate of drug-likeness (QED) is 0.659. The van der Waals surface area contributed by atoms with E-state index in [-0.39, 0.29) is 28.0 Å². The van der Waals surface area contributed by atoms with Crippen LogP contribution in [0, 0.1) is 5.92 Å². The second-order valence-corrected chi connectivity index (χ2v) is 8.36. The molecule has 3 aliphatic rings. The first-order valence-electron chi connectivity index (χ1n) is 10.4. The van der Waals surface area contributed by atoms with Gasteiger partial charge in [-0.15, -0.1) is 0 Å². The Morgan fingerprint density at radius 3 is 2.58 bits per heavy atom. The third-order valence-corrected chi connectivity index (χ3v) is 6.55. The summed E-state index contributed by atoms with van der Waals surface area (Å²) in [4.78, 5) is 29.0. The molecule has 1 spiro atoms. The van der Waals surface area contributed by atoms with Crippen LogP contribution in [-0.4, -0.2) is 75.7 Å². The molecule has 0 aromatic heterocycles. The number of ketones is 2. The Morgan fingerprint density at radius 2 is 1.94 bits per heavy atom. The zero-order valence-corrected chi connectivity index (χ0v) is 18.7. The number of benzene rings is 1. The molecule has 1 saturated heterocycles. The van der Waals surface area contributed by atoms with E-state index in [9.17, 15) is 9.59 Å². The first kappa shape index (κ1) is 21.9. The van der Waals surface area contributed by atoms with Crippen molar-refractivity contribution in [2.24, 2.45) is 5.92 Å². The van der Waals surface area contributed by atoms with Crippen LogP contribution >= 0.6 is 11.6 Å². The lowest BCUT2D eigenvalue weighted by molar-refractivity contribution is -0.129. The van der Waals surface area contributed by atoms with Gasteiger partial charge in [0.15, 0.2) is 5.75 Å². The van der Waals surface area contributed by atoms with Gasteiger partial charge in [0, 0.05) is 49.9 Å². The summed E-state index contributed by atoms with van der Waals surface area (Å²) in [6, 6.07) is 1.54. The molecule has 0 bridgehead atoms. The molecule has 0 radical (unpaired) electrons. The molecule has 0 amide bonds. The number of carbonyl (C=O) groups excluding carboxylic acids is 2. The van der Waals surface area contributed by atoms with Crippen molar-refractivity contribution in [2.45, 2.75) is 18.9 Å². The Kier molecular flexibility index (Phi) is 6.14. The van der Waals surface area contributed by atoms with Gasteiger partial charge in [-0.2, -0.15) is 0 Å². The summed E-state index contributed by atoms with van der Waals surface area (Å²) < 4.78 is 22.1. The number of morpholine rings is 1. The Bertz CT molecular complexity index is 927. The van der Waals surface area contributed by atoms with Crippen molar-refractivity contribution in [3.8, 4) is 17.2 Å². The van der Waals surface area contributed by atoms with Crippen LogP contribution in [0.3, 0.4) is 0 Å². The molecule has 2 heterocycles. The van der Waals surface area contributed by atoms with Crippen molar-refractivity contribution in [3.05, 3.63) is 28.4 Å². The number of ether oxygens (including phenoxy) is 4. The van der Waals surface area contributed by atoms with E-state index >= 15 is 0 Å². The van der Waals surface area contributed by atoms with Crippen molar-refractivity contribution < 1.29 is 28.5 Å². The van der Waals surface area contributed by atoms with Gasteiger partial charge in [0.2, 0.25) is 17.2 Å². The number of methoxy groups -OCH3 is 2. The summed E-state index contributed by atoms with van der Waals surface area (Å²) in [7, 11) is 2.91. The van der Waals surface area contributed by atoms with Gasteiger partial charge in [0.1, 0.15) is 22.1 Å². The number of Topliss-reactive ketones (excluding diaryl/α,β-unsaturated/α-hetero) is 1. The van der Waals surface area contributed by atoms with E-state index in [0.717, 1.165) is 38.5 Å². The van der Waals surface area contributed by atoms with Crippen LogP contribution in [0.2, 0.25) is 5.02 Å². The summed E-state index contributed by atoms with van der Waals surface area (Å²) in [5.41, 5.74) is -0.647. The number of carbonyl (C=O) groups is 2. The van der Waals surface area contributed by atoms with Crippen LogP contribution in [0.4, 0.5) is 0 Å². The highest BCUT2D eigenvalue weighted by molar-refractivity contribution is 6.36. The third kappa shape index (κ3) is 3.66. The van der Waals surface area contributed by atoms with E-state index in [1.54, 1.807) is 0 Å². The maximum atomic E-state index is 13.5. The Balaban J connectivity index is 1.55. The fourth-order valence-corrected chi connectivity index (χ4v) is 4.72. The minimum Gasteiger partial charge on any atom is -0.496 e. The molecule has 168 valence electrons. The lowest BCUT2D eigenvalue weighted by Gasteiger charge is -2.35. The van der Waals surface area contributed by atoms with Crippen LogP contribution in [-0.2, 0) is 9.53 Å². The van der Waals surface area contributed by atoms with E-state index in [0.29, 0.717) is 18.7 Å². The van der Waals surface area contributed by atoms with E-state index in [1.165, 1.54) is 26.4 Å². The molecule has 8 nitrogen and oxygen atoms in total. The molecule has 31 heavy (non-hydrogen) atoms. The summed E-state index contributed by atoms with van der Waals surface area (Å²) in [5.74, 6) is -0.471. The average Bonchev–Trinajstić information content (AvgIpc) is 3.08. The van der Waals surface area contributed by atoms with Crippen molar-refractivity contribution in [1.29, 1.82) is 0 Å².